The van der Waals surface area contributed by atoms with Crippen LogP contribution in [0.25, 0.3) is 0 Å². The largest absolute Gasteiger partial charge is 0.506 e. The molecule has 7 heteroatoms. The summed E-state index contributed by atoms with van der Waals surface area (Å²) in [6.07, 6.45) is -2.43. The number of carbonyl (C=O) groups is 1. The van der Waals surface area contributed by atoms with Crippen molar-refractivity contribution in [2.45, 2.75) is 6.43 Å². The maximum absolute atomic E-state index is 12.4. The van der Waals surface area contributed by atoms with Crippen LogP contribution in [0.3, 0.4) is 0 Å². The molecule has 0 aliphatic carbocycles. The van der Waals surface area contributed by atoms with E-state index in [-0.39, 0.29) is 0 Å². The van der Waals surface area contributed by atoms with E-state index in [9.17, 15) is 13.6 Å². The van der Waals surface area contributed by atoms with Gasteiger partial charge < -0.3 is 5.11 Å². The molecule has 1 aromatic rings. The number of halogens is 3. The van der Waals surface area contributed by atoms with Gasteiger partial charge in [-0.3, -0.25) is 4.79 Å². The van der Waals surface area contributed by atoms with E-state index < -0.39 is 34.2 Å². The van der Waals surface area contributed by atoms with Crippen LogP contribution in [-0.4, -0.2) is 15.3 Å². The van der Waals surface area contributed by atoms with Crippen molar-refractivity contribution in [3.05, 3.63) is 23.0 Å². The zero-order chi connectivity index (χ0) is 11.6. The van der Waals surface area contributed by atoms with Gasteiger partial charge in [0.1, 0.15) is 17.5 Å². The van der Waals surface area contributed by atoms with Crippen molar-refractivity contribution in [3.63, 3.8) is 0 Å². The second kappa shape index (κ2) is 4.19. The normalized spacial score (nSPS) is 10.1. The molecule has 0 spiro atoms. The summed E-state index contributed by atoms with van der Waals surface area (Å²) in [6.45, 7) is 0. The number of carbonyl (C=O) groups excluding carboxylic acids is 1. The smallest absolute Gasteiger partial charge is 0.272 e. The van der Waals surface area contributed by atoms with Gasteiger partial charge in [-0.25, -0.2) is 13.8 Å². The van der Waals surface area contributed by atoms with Crippen LogP contribution in [0, 0.1) is 11.3 Å². The van der Waals surface area contributed by atoms with Crippen LogP contribution in [-0.2, 0) is 0 Å². The Morgan fingerprint density at radius 1 is 1.67 bits per heavy atom. The lowest BCUT2D eigenvalue weighted by molar-refractivity contribution is 0.107. The first-order valence-electron chi connectivity index (χ1n) is 3.59. The molecule has 0 fully saturated rings. The molecule has 15 heavy (non-hydrogen) atoms. The van der Waals surface area contributed by atoms with Crippen LogP contribution in [0.4, 0.5) is 8.78 Å². The molecule has 0 saturated heterocycles. The van der Waals surface area contributed by atoms with Gasteiger partial charge in [0.2, 0.25) is 0 Å². The molecular weight excluding hydrogens is 230 g/mol. The fraction of sp³-hybridized carbons (Fsp3) is 0.125. The molecule has 0 bridgehead atoms. The SMILES string of the molecule is N#Cc1c(C(=O)Cl)ncc(O)c1C(F)F. The average molecular weight is 233 g/mol. The number of aromatic hydroxyl groups is 1. The van der Waals surface area contributed by atoms with Gasteiger partial charge in [-0.15, -0.1) is 0 Å². The molecule has 0 unspecified atom stereocenters. The van der Waals surface area contributed by atoms with Crippen LogP contribution < -0.4 is 0 Å². The Hall–Kier alpha value is -1.74. The Labute approximate surface area is 87.7 Å². The molecule has 0 aliphatic heterocycles. The highest BCUT2D eigenvalue weighted by Gasteiger charge is 2.24. The van der Waals surface area contributed by atoms with Crippen molar-refractivity contribution in [2.24, 2.45) is 0 Å². The molecule has 1 aromatic heterocycles. The van der Waals surface area contributed by atoms with Crippen LogP contribution in [0.15, 0.2) is 6.20 Å². The van der Waals surface area contributed by atoms with Crippen molar-refractivity contribution in [3.8, 4) is 11.8 Å². The molecule has 0 atom stereocenters. The number of nitriles is 1. The molecule has 0 amide bonds. The molecule has 1 rings (SSSR count). The number of alkyl halides is 2. The number of rotatable bonds is 2. The van der Waals surface area contributed by atoms with Crippen molar-refractivity contribution < 1.29 is 18.7 Å². The van der Waals surface area contributed by atoms with Crippen molar-refractivity contribution >= 4 is 16.8 Å². The molecule has 78 valence electrons. The summed E-state index contributed by atoms with van der Waals surface area (Å²) in [5.41, 5.74) is -2.23. The predicted molar refractivity (Wildman–Crippen MR) is 45.8 cm³/mol. The first kappa shape index (κ1) is 11.3. The Morgan fingerprint density at radius 3 is 2.67 bits per heavy atom. The number of hydrogen-bond acceptors (Lipinski definition) is 4. The standard InChI is InChI=1S/C8H3ClF2N2O2/c9-7(15)6-3(1-12)5(8(10)11)4(14)2-13-6/h2,8,14H. The molecule has 0 aliphatic rings. The molecule has 1 N–H and O–H groups in total. The summed E-state index contributed by atoms with van der Waals surface area (Å²) in [6, 6.07) is 1.36. The van der Waals surface area contributed by atoms with E-state index in [2.05, 4.69) is 4.98 Å². The summed E-state index contributed by atoms with van der Waals surface area (Å²) in [7, 11) is 0. The number of nitrogens with zero attached hydrogens (tertiary/aromatic N) is 2. The highest BCUT2D eigenvalue weighted by atomic mass is 35.5. The summed E-state index contributed by atoms with van der Waals surface area (Å²) < 4.78 is 24.9. The monoisotopic (exact) mass is 232 g/mol. The van der Waals surface area contributed by atoms with E-state index in [0.29, 0.717) is 6.20 Å². The number of aromatic nitrogens is 1. The van der Waals surface area contributed by atoms with E-state index >= 15 is 0 Å². The summed E-state index contributed by atoms with van der Waals surface area (Å²) >= 11 is 5.04. The maximum atomic E-state index is 12.4. The van der Waals surface area contributed by atoms with Gasteiger partial charge in [-0.1, -0.05) is 0 Å². The minimum absolute atomic E-state index is 0.590. The third-order valence-electron chi connectivity index (χ3n) is 1.61. The Kier molecular flexibility index (Phi) is 3.17. The second-order valence-corrected chi connectivity index (χ2v) is 2.81. The molecular formula is C8H3ClF2N2O2. The predicted octanol–water partition coefficient (Wildman–Crippen LogP) is 1.98. The summed E-state index contributed by atoms with van der Waals surface area (Å²) in [5.74, 6) is -0.844. The van der Waals surface area contributed by atoms with Gasteiger partial charge in [-0.2, -0.15) is 5.26 Å². The quantitative estimate of drug-likeness (QED) is 0.791. The number of hydrogen-bond donors (Lipinski definition) is 1. The molecule has 1 heterocycles. The number of pyridine rings is 1. The van der Waals surface area contributed by atoms with Crippen LogP contribution in [0.2, 0.25) is 0 Å². The van der Waals surface area contributed by atoms with Crippen molar-refractivity contribution in [1.82, 2.24) is 4.98 Å². The highest BCUT2D eigenvalue weighted by molar-refractivity contribution is 6.67. The third-order valence-corrected chi connectivity index (χ3v) is 1.79. The molecule has 4 nitrogen and oxygen atoms in total. The van der Waals surface area contributed by atoms with Crippen LogP contribution in [0.5, 0.6) is 5.75 Å². The minimum Gasteiger partial charge on any atom is -0.506 e. The van der Waals surface area contributed by atoms with Gasteiger partial charge >= 0.3 is 0 Å². The molecule has 0 radical (unpaired) electrons. The van der Waals surface area contributed by atoms with E-state index in [0.717, 1.165) is 0 Å². The van der Waals surface area contributed by atoms with Crippen LogP contribution >= 0.6 is 11.6 Å². The first-order chi connectivity index (χ1) is 6.99. The van der Waals surface area contributed by atoms with Crippen LogP contribution in [0.1, 0.15) is 28.0 Å². The lowest BCUT2D eigenvalue weighted by Crippen LogP contribution is -2.03. The first-order valence-corrected chi connectivity index (χ1v) is 3.96. The summed E-state index contributed by atoms with van der Waals surface area (Å²) in [4.78, 5) is 14.0. The zero-order valence-electron chi connectivity index (χ0n) is 7.04. The lowest BCUT2D eigenvalue weighted by atomic mass is 10.1. The highest BCUT2D eigenvalue weighted by Crippen LogP contribution is 2.32. The van der Waals surface area contributed by atoms with E-state index in [1.165, 1.54) is 6.07 Å². The Bertz CT molecular complexity index is 457. The van der Waals surface area contributed by atoms with E-state index in [4.69, 9.17) is 22.0 Å². The fourth-order valence-electron chi connectivity index (χ4n) is 0.999. The third kappa shape index (κ3) is 2.02. The second-order valence-electron chi connectivity index (χ2n) is 2.47. The van der Waals surface area contributed by atoms with Crippen molar-refractivity contribution in [2.75, 3.05) is 0 Å². The van der Waals surface area contributed by atoms with Gasteiger partial charge in [0.25, 0.3) is 11.7 Å². The van der Waals surface area contributed by atoms with Gasteiger partial charge in [0.05, 0.1) is 17.3 Å². The zero-order valence-corrected chi connectivity index (χ0v) is 7.79. The molecule has 0 saturated carbocycles. The van der Waals surface area contributed by atoms with Gasteiger partial charge in [0, 0.05) is 0 Å². The lowest BCUT2D eigenvalue weighted by Gasteiger charge is -2.06. The fourth-order valence-corrected chi connectivity index (χ4v) is 1.14. The van der Waals surface area contributed by atoms with Gasteiger partial charge in [-0.05, 0) is 11.6 Å². The van der Waals surface area contributed by atoms with Gasteiger partial charge in [0.15, 0.2) is 0 Å². The maximum Gasteiger partial charge on any atom is 0.272 e. The molecule has 0 aromatic carbocycles. The Morgan fingerprint density at radius 2 is 2.27 bits per heavy atom. The minimum atomic E-state index is -3.09. The Balaban J connectivity index is 3.56. The topological polar surface area (TPSA) is 74.0 Å². The van der Waals surface area contributed by atoms with Crippen molar-refractivity contribution in [1.29, 1.82) is 5.26 Å². The van der Waals surface area contributed by atoms with E-state index in [1.54, 1.807) is 0 Å². The van der Waals surface area contributed by atoms with E-state index in [1.807, 2.05) is 0 Å². The summed E-state index contributed by atoms with van der Waals surface area (Å²) in [5, 5.41) is 16.5. The average Bonchev–Trinajstić information content (AvgIpc) is 2.15.